The predicted molar refractivity (Wildman–Crippen MR) is 59.2 cm³/mol. The average molecular weight is 214 g/mol. The summed E-state index contributed by atoms with van der Waals surface area (Å²) in [4.78, 5) is 11.5. The third-order valence-electron chi connectivity index (χ3n) is 3.21. The van der Waals surface area contributed by atoms with Crippen molar-refractivity contribution in [3.8, 4) is 0 Å². The van der Waals surface area contributed by atoms with Gasteiger partial charge in [-0.3, -0.25) is 4.79 Å². The molecule has 0 aromatic carbocycles. The first-order chi connectivity index (χ1) is 7.15. The SMILES string of the molecule is CC(CN)C(=O)NCC1CCCCC1O. The number of aliphatic hydroxyl groups excluding tert-OH is 1. The molecule has 0 bridgehead atoms. The van der Waals surface area contributed by atoms with Gasteiger partial charge in [-0.15, -0.1) is 0 Å². The van der Waals surface area contributed by atoms with E-state index in [9.17, 15) is 9.90 Å². The molecule has 1 amide bonds. The van der Waals surface area contributed by atoms with Crippen LogP contribution in [0.2, 0.25) is 0 Å². The first kappa shape index (κ1) is 12.5. The van der Waals surface area contributed by atoms with Crippen molar-refractivity contribution in [1.82, 2.24) is 5.32 Å². The number of nitrogens with two attached hydrogens (primary N) is 1. The fraction of sp³-hybridized carbons (Fsp3) is 0.909. The Kier molecular flexibility index (Phi) is 5.05. The second-order valence-corrected chi connectivity index (χ2v) is 4.49. The number of aliphatic hydroxyl groups is 1. The van der Waals surface area contributed by atoms with Gasteiger partial charge in [0.15, 0.2) is 0 Å². The molecule has 1 rings (SSSR count). The molecule has 1 aliphatic rings. The van der Waals surface area contributed by atoms with Crippen LogP contribution >= 0.6 is 0 Å². The van der Waals surface area contributed by atoms with Crippen molar-refractivity contribution in [3.05, 3.63) is 0 Å². The zero-order chi connectivity index (χ0) is 11.3. The van der Waals surface area contributed by atoms with Crippen LogP contribution in [-0.2, 0) is 4.79 Å². The molecule has 0 saturated heterocycles. The average Bonchev–Trinajstić information content (AvgIpc) is 2.26. The molecular formula is C11H22N2O2. The van der Waals surface area contributed by atoms with Crippen LogP contribution in [0.3, 0.4) is 0 Å². The number of rotatable bonds is 4. The van der Waals surface area contributed by atoms with Gasteiger partial charge < -0.3 is 16.2 Å². The van der Waals surface area contributed by atoms with E-state index in [1.807, 2.05) is 6.92 Å². The topological polar surface area (TPSA) is 75.4 Å². The molecule has 3 unspecified atom stereocenters. The molecule has 4 N–H and O–H groups in total. The molecule has 0 aromatic rings. The van der Waals surface area contributed by atoms with Crippen molar-refractivity contribution in [2.24, 2.45) is 17.6 Å². The van der Waals surface area contributed by atoms with E-state index >= 15 is 0 Å². The third kappa shape index (κ3) is 3.80. The van der Waals surface area contributed by atoms with E-state index < -0.39 is 0 Å². The molecule has 4 heteroatoms. The van der Waals surface area contributed by atoms with Crippen molar-refractivity contribution in [2.45, 2.75) is 38.7 Å². The third-order valence-corrected chi connectivity index (χ3v) is 3.21. The standard InChI is InChI=1S/C11H22N2O2/c1-8(6-12)11(15)13-7-9-4-2-3-5-10(9)14/h8-10,14H,2-7,12H2,1H3,(H,13,15). The maximum Gasteiger partial charge on any atom is 0.224 e. The maximum atomic E-state index is 11.5. The highest BCUT2D eigenvalue weighted by atomic mass is 16.3. The van der Waals surface area contributed by atoms with E-state index in [4.69, 9.17) is 5.73 Å². The number of amides is 1. The molecule has 15 heavy (non-hydrogen) atoms. The Hall–Kier alpha value is -0.610. The van der Waals surface area contributed by atoms with E-state index in [-0.39, 0.29) is 23.8 Å². The second-order valence-electron chi connectivity index (χ2n) is 4.49. The lowest BCUT2D eigenvalue weighted by Gasteiger charge is -2.28. The number of hydrogen-bond donors (Lipinski definition) is 3. The smallest absolute Gasteiger partial charge is 0.224 e. The Morgan fingerprint density at radius 2 is 2.20 bits per heavy atom. The van der Waals surface area contributed by atoms with Gasteiger partial charge in [0, 0.05) is 24.9 Å². The van der Waals surface area contributed by atoms with Gasteiger partial charge in [-0.2, -0.15) is 0 Å². The highest BCUT2D eigenvalue weighted by Gasteiger charge is 2.23. The van der Waals surface area contributed by atoms with Crippen molar-refractivity contribution < 1.29 is 9.90 Å². The quantitative estimate of drug-likeness (QED) is 0.628. The highest BCUT2D eigenvalue weighted by molar-refractivity contribution is 5.78. The first-order valence-electron chi connectivity index (χ1n) is 5.81. The molecule has 0 radical (unpaired) electrons. The Labute approximate surface area is 91.2 Å². The number of carbonyl (C=O) groups is 1. The van der Waals surface area contributed by atoms with Gasteiger partial charge in [0.2, 0.25) is 5.91 Å². The van der Waals surface area contributed by atoms with Gasteiger partial charge in [-0.25, -0.2) is 0 Å². The molecular weight excluding hydrogens is 192 g/mol. The number of hydrogen-bond acceptors (Lipinski definition) is 3. The predicted octanol–water partition coefficient (Wildman–Crippen LogP) is 0.249. The van der Waals surface area contributed by atoms with Gasteiger partial charge in [-0.05, 0) is 12.8 Å². The minimum absolute atomic E-state index is 0.00438. The Bertz CT molecular complexity index is 209. The zero-order valence-electron chi connectivity index (χ0n) is 9.41. The van der Waals surface area contributed by atoms with Gasteiger partial charge >= 0.3 is 0 Å². The number of carbonyl (C=O) groups excluding carboxylic acids is 1. The Balaban J connectivity index is 2.26. The lowest BCUT2D eigenvalue weighted by Crippen LogP contribution is -2.40. The molecule has 88 valence electrons. The summed E-state index contributed by atoms with van der Waals surface area (Å²) in [5.74, 6) is 0.0914. The molecule has 4 nitrogen and oxygen atoms in total. The van der Waals surface area contributed by atoms with Crippen molar-refractivity contribution in [1.29, 1.82) is 0 Å². The van der Waals surface area contributed by atoms with E-state index in [0.29, 0.717) is 13.1 Å². The second kappa shape index (κ2) is 6.08. The molecule has 0 spiro atoms. The monoisotopic (exact) mass is 214 g/mol. The summed E-state index contributed by atoms with van der Waals surface area (Å²) in [6.45, 7) is 2.77. The summed E-state index contributed by atoms with van der Waals surface area (Å²) in [5.41, 5.74) is 5.40. The molecule has 0 aliphatic heterocycles. The van der Waals surface area contributed by atoms with E-state index in [1.54, 1.807) is 0 Å². The summed E-state index contributed by atoms with van der Waals surface area (Å²) < 4.78 is 0. The van der Waals surface area contributed by atoms with Crippen LogP contribution in [0.1, 0.15) is 32.6 Å². The lowest BCUT2D eigenvalue weighted by atomic mass is 9.86. The zero-order valence-corrected chi connectivity index (χ0v) is 9.41. The van der Waals surface area contributed by atoms with E-state index in [2.05, 4.69) is 5.32 Å². The van der Waals surface area contributed by atoms with Gasteiger partial charge in [0.05, 0.1) is 6.10 Å². The van der Waals surface area contributed by atoms with E-state index in [0.717, 1.165) is 25.7 Å². The minimum Gasteiger partial charge on any atom is -0.393 e. The first-order valence-corrected chi connectivity index (χ1v) is 5.81. The van der Waals surface area contributed by atoms with Crippen LogP contribution in [0.15, 0.2) is 0 Å². The Morgan fingerprint density at radius 1 is 1.53 bits per heavy atom. The molecule has 1 saturated carbocycles. The highest BCUT2D eigenvalue weighted by Crippen LogP contribution is 2.23. The van der Waals surface area contributed by atoms with Crippen molar-refractivity contribution >= 4 is 5.91 Å². The van der Waals surface area contributed by atoms with Crippen LogP contribution in [0.4, 0.5) is 0 Å². The summed E-state index contributed by atoms with van der Waals surface area (Å²) in [7, 11) is 0. The molecule has 1 aliphatic carbocycles. The van der Waals surface area contributed by atoms with Gasteiger partial charge in [0.1, 0.15) is 0 Å². The van der Waals surface area contributed by atoms with Crippen LogP contribution < -0.4 is 11.1 Å². The normalized spacial score (nSPS) is 28.5. The molecule has 0 aromatic heterocycles. The van der Waals surface area contributed by atoms with Gasteiger partial charge in [0.25, 0.3) is 0 Å². The summed E-state index contributed by atoms with van der Waals surface area (Å²) in [6.07, 6.45) is 3.90. The van der Waals surface area contributed by atoms with Gasteiger partial charge in [-0.1, -0.05) is 19.8 Å². The van der Waals surface area contributed by atoms with Crippen LogP contribution in [0, 0.1) is 11.8 Å². The minimum atomic E-state index is -0.243. The van der Waals surface area contributed by atoms with Crippen LogP contribution in [0.5, 0.6) is 0 Å². The van der Waals surface area contributed by atoms with Crippen LogP contribution in [0.25, 0.3) is 0 Å². The fourth-order valence-electron chi connectivity index (χ4n) is 1.94. The molecule has 0 heterocycles. The van der Waals surface area contributed by atoms with Crippen molar-refractivity contribution in [3.63, 3.8) is 0 Å². The summed E-state index contributed by atoms with van der Waals surface area (Å²) in [5, 5.41) is 12.6. The summed E-state index contributed by atoms with van der Waals surface area (Å²) in [6, 6.07) is 0. The summed E-state index contributed by atoms with van der Waals surface area (Å²) >= 11 is 0. The largest absolute Gasteiger partial charge is 0.393 e. The van der Waals surface area contributed by atoms with Crippen LogP contribution in [-0.4, -0.2) is 30.2 Å². The fourth-order valence-corrected chi connectivity index (χ4v) is 1.94. The molecule has 1 fully saturated rings. The molecule has 3 atom stereocenters. The number of nitrogens with one attached hydrogen (secondary N) is 1. The van der Waals surface area contributed by atoms with Crippen molar-refractivity contribution in [2.75, 3.05) is 13.1 Å². The lowest BCUT2D eigenvalue weighted by molar-refractivity contribution is -0.124. The maximum absolute atomic E-state index is 11.5. The van der Waals surface area contributed by atoms with E-state index in [1.165, 1.54) is 0 Å². The Morgan fingerprint density at radius 3 is 2.80 bits per heavy atom.